The van der Waals surface area contributed by atoms with Gasteiger partial charge < -0.3 is 15.5 Å². The highest BCUT2D eigenvalue weighted by molar-refractivity contribution is 8.00. The number of benzene rings is 1. The molecular formula is C16H26ClN3OS. The van der Waals surface area contributed by atoms with Gasteiger partial charge in [0.2, 0.25) is 5.91 Å². The number of carbonyl (C=O) groups is 1. The molecule has 1 aromatic carbocycles. The van der Waals surface area contributed by atoms with Crippen molar-refractivity contribution in [2.75, 3.05) is 45.0 Å². The van der Waals surface area contributed by atoms with Crippen molar-refractivity contribution in [1.82, 2.24) is 15.5 Å². The molecule has 0 saturated carbocycles. The van der Waals surface area contributed by atoms with Gasteiger partial charge in [0.15, 0.2) is 0 Å². The lowest BCUT2D eigenvalue weighted by molar-refractivity contribution is -0.118. The topological polar surface area (TPSA) is 44.4 Å². The number of amides is 1. The van der Waals surface area contributed by atoms with Crippen LogP contribution < -0.4 is 10.6 Å². The van der Waals surface area contributed by atoms with E-state index in [1.54, 1.807) is 11.8 Å². The number of aryl methyl sites for hydroxylation is 1. The average Bonchev–Trinajstić information content (AvgIpc) is 2.52. The molecule has 1 aliphatic heterocycles. The van der Waals surface area contributed by atoms with E-state index in [4.69, 9.17) is 0 Å². The third-order valence-corrected chi connectivity index (χ3v) is 4.81. The van der Waals surface area contributed by atoms with Crippen molar-refractivity contribution < 1.29 is 4.79 Å². The van der Waals surface area contributed by atoms with Crippen molar-refractivity contribution in [3.05, 3.63) is 29.8 Å². The molecule has 124 valence electrons. The Balaban J connectivity index is 0.00000242. The zero-order chi connectivity index (χ0) is 14.9. The van der Waals surface area contributed by atoms with Gasteiger partial charge >= 0.3 is 0 Å². The first-order valence-electron chi connectivity index (χ1n) is 7.64. The van der Waals surface area contributed by atoms with Gasteiger partial charge in [-0.3, -0.25) is 4.79 Å². The van der Waals surface area contributed by atoms with Crippen LogP contribution in [0.2, 0.25) is 0 Å². The number of thioether (sulfide) groups is 1. The molecule has 1 aromatic rings. The molecule has 0 atom stereocenters. The summed E-state index contributed by atoms with van der Waals surface area (Å²) < 4.78 is 0. The maximum absolute atomic E-state index is 11.8. The number of hydrogen-bond donors (Lipinski definition) is 2. The molecule has 1 heterocycles. The fraction of sp³-hybridized carbons (Fsp3) is 0.562. The number of nitrogens with one attached hydrogen (secondary N) is 2. The van der Waals surface area contributed by atoms with Crippen molar-refractivity contribution in [1.29, 1.82) is 0 Å². The van der Waals surface area contributed by atoms with Gasteiger partial charge in [0.25, 0.3) is 0 Å². The molecule has 0 spiro atoms. The Hall–Kier alpha value is -0.750. The summed E-state index contributed by atoms with van der Waals surface area (Å²) in [6, 6.07) is 8.18. The van der Waals surface area contributed by atoms with E-state index in [-0.39, 0.29) is 18.3 Å². The molecule has 4 nitrogen and oxygen atoms in total. The first-order valence-corrected chi connectivity index (χ1v) is 8.62. The monoisotopic (exact) mass is 343 g/mol. The van der Waals surface area contributed by atoms with E-state index in [0.717, 1.165) is 45.7 Å². The second-order valence-electron chi connectivity index (χ2n) is 5.35. The largest absolute Gasteiger partial charge is 0.355 e. The molecule has 1 fully saturated rings. The number of halogens is 1. The minimum atomic E-state index is 0. The van der Waals surface area contributed by atoms with Crippen LogP contribution in [0.5, 0.6) is 0 Å². The fourth-order valence-electron chi connectivity index (χ4n) is 2.38. The first kappa shape index (κ1) is 19.3. The highest BCUT2D eigenvalue weighted by atomic mass is 35.5. The molecule has 0 radical (unpaired) electrons. The normalized spacial score (nSPS) is 15.1. The Labute approximate surface area is 143 Å². The van der Waals surface area contributed by atoms with Crippen LogP contribution in [0.4, 0.5) is 0 Å². The van der Waals surface area contributed by atoms with Crippen LogP contribution in [0, 0.1) is 6.92 Å². The zero-order valence-electron chi connectivity index (χ0n) is 13.1. The van der Waals surface area contributed by atoms with Crippen LogP contribution in [-0.2, 0) is 4.79 Å². The van der Waals surface area contributed by atoms with E-state index < -0.39 is 0 Å². The van der Waals surface area contributed by atoms with Gasteiger partial charge in [-0.05, 0) is 31.5 Å². The number of hydrogen-bond acceptors (Lipinski definition) is 4. The van der Waals surface area contributed by atoms with Crippen LogP contribution in [0.15, 0.2) is 29.2 Å². The molecule has 2 N–H and O–H groups in total. The number of carbonyl (C=O) groups excluding carboxylic acids is 1. The van der Waals surface area contributed by atoms with Crippen LogP contribution in [0.1, 0.15) is 12.0 Å². The predicted molar refractivity (Wildman–Crippen MR) is 96.1 cm³/mol. The van der Waals surface area contributed by atoms with Crippen molar-refractivity contribution >= 4 is 30.1 Å². The summed E-state index contributed by atoms with van der Waals surface area (Å²) in [7, 11) is 0. The van der Waals surface area contributed by atoms with Gasteiger partial charge in [-0.15, -0.1) is 24.2 Å². The minimum absolute atomic E-state index is 0. The van der Waals surface area contributed by atoms with Gasteiger partial charge in [0, 0.05) is 37.6 Å². The molecule has 6 heteroatoms. The van der Waals surface area contributed by atoms with Gasteiger partial charge in [-0.25, -0.2) is 0 Å². The second kappa shape index (κ2) is 10.9. The van der Waals surface area contributed by atoms with Gasteiger partial charge in [0.05, 0.1) is 5.75 Å². The number of rotatable bonds is 7. The van der Waals surface area contributed by atoms with Crippen LogP contribution in [0.25, 0.3) is 0 Å². The summed E-state index contributed by atoms with van der Waals surface area (Å²) in [4.78, 5) is 15.5. The Bertz CT molecular complexity index is 453. The van der Waals surface area contributed by atoms with Crippen LogP contribution in [-0.4, -0.2) is 55.8 Å². The summed E-state index contributed by atoms with van der Waals surface area (Å²) in [5.74, 6) is 0.627. The van der Waals surface area contributed by atoms with Crippen molar-refractivity contribution in [3.8, 4) is 0 Å². The fourth-order valence-corrected chi connectivity index (χ4v) is 3.24. The number of piperazine rings is 1. The SMILES string of the molecule is Cc1ccccc1SCC(=O)NCCCN1CCNCC1.Cl. The maximum atomic E-state index is 11.8. The molecule has 1 saturated heterocycles. The van der Waals surface area contributed by atoms with Crippen LogP contribution >= 0.6 is 24.2 Å². The molecule has 2 rings (SSSR count). The van der Waals surface area contributed by atoms with E-state index >= 15 is 0 Å². The predicted octanol–water partition coefficient (Wildman–Crippen LogP) is 1.92. The molecular weight excluding hydrogens is 318 g/mol. The van der Waals surface area contributed by atoms with Crippen LogP contribution in [0.3, 0.4) is 0 Å². The lowest BCUT2D eigenvalue weighted by Crippen LogP contribution is -2.44. The molecule has 0 aliphatic carbocycles. The third kappa shape index (κ3) is 7.01. The van der Waals surface area contributed by atoms with Gasteiger partial charge in [0.1, 0.15) is 0 Å². The van der Waals surface area contributed by atoms with Crippen molar-refractivity contribution in [2.45, 2.75) is 18.2 Å². The summed E-state index contributed by atoms with van der Waals surface area (Å²) >= 11 is 1.61. The Kier molecular flexibility index (Phi) is 9.55. The van der Waals surface area contributed by atoms with E-state index in [9.17, 15) is 4.79 Å². The lowest BCUT2D eigenvalue weighted by Gasteiger charge is -2.27. The second-order valence-corrected chi connectivity index (χ2v) is 6.37. The summed E-state index contributed by atoms with van der Waals surface area (Å²) in [6.45, 7) is 8.34. The first-order chi connectivity index (χ1) is 10.3. The van der Waals surface area contributed by atoms with E-state index in [2.05, 4.69) is 34.6 Å². The average molecular weight is 344 g/mol. The highest BCUT2D eigenvalue weighted by Crippen LogP contribution is 2.21. The van der Waals surface area contributed by atoms with Gasteiger partial charge in [-0.1, -0.05) is 18.2 Å². The maximum Gasteiger partial charge on any atom is 0.230 e. The highest BCUT2D eigenvalue weighted by Gasteiger charge is 2.09. The Morgan fingerprint density at radius 3 is 2.77 bits per heavy atom. The number of nitrogens with zero attached hydrogens (tertiary/aromatic N) is 1. The smallest absolute Gasteiger partial charge is 0.230 e. The van der Waals surface area contributed by atoms with Gasteiger partial charge in [-0.2, -0.15) is 0 Å². The lowest BCUT2D eigenvalue weighted by atomic mass is 10.2. The summed E-state index contributed by atoms with van der Waals surface area (Å²) in [6.07, 6.45) is 1.03. The molecule has 1 aliphatic rings. The third-order valence-electron chi connectivity index (χ3n) is 3.64. The van der Waals surface area contributed by atoms with E-state index in [1.165, 1.54) is 10.5 Å². The molecule has 0 unspecified atom stereocenters. The minimum Gasteiger partial charge on any atom is -0.355 e. The standard InChI is InChI=1S/C16H25N3OS.ClH/c1-14-5-2-3-6-15(14)21-13-16(20)18-7-4-10-19-11-8-17-9-12-19;/h2-3,5-6,17H,4,7-13H2,1H3,(H,18,20);1H. The molecule has 0 aromatic heterocycles. The molecule has 0 bridgehead atoms. The van der Waals surface area contributed by atoms with Crippen molar-refractivity contribution in [3.63, 3.8) is 0 Å². The van der Waals surface area contributed by atoms with E-state index in [1.807, 2.05) is 12.1 Å². The Morgan fingerprint density at radius 2 is 2.05 bits per heavy atom. The van der Waals surface area contributed by atoms with E-state index in [0.29, 0.717) is 5.75 Å². The zero-order valence-corrected chi connectivity index (χ0v) is 14.8. The molecule has 1 amide bonds. The summed E-state index contributed by atoms with van der Waals surface area (Å²) in [5, 5.41) is 6.36. The molecule has 22 heavy (non-hydrogen) atoms. The Morgan fingerprint density at radius 1 is 1.32 bits per heavy atom. The summed E-state index contributed by atoms with van der Waals surface area (Å²) in [5.41, 5.74) is 1.23. The quantitative estimate of drug-likeness (QED) is 0.586. The van der Waals surface area contributed by atoms with Crippen molar-refractivity contribution in [2.24, 2.45) is 0 Å².